The zero-order valence-corrected chi connectivity index (χ0v) is 20.0. The van der Waals surface area contributed by atoms with E-state index in [4.69, 9.17) is 4.98 Å². The quantitative estimate of drug-likeness (QED) is 0.289. The summed E-state index contributed by atoms with van der Waals surface area (Å²) >= 11 is 3.20. The Balaban J connectivity index is 1.61. The predicted molar refractivity (Wildman–Crippen MR) is 129 cm³/mol. The maximum absolute atomic E-state index is 13.5. The Morgan fingerprint density at radius 1 is 1.19 bits per heavy atom. The molecule has 0 radical (unpaired) electrons. The largest absolute Gasteiger partial charge is 0.287 e. The molecule has 1 aromatic carbocycles. The molecule has 0 saturated carbocycles. The lowest BCUT2D eigenvalue weighted by molar-refractivity contribution is 0.586. The van der Waals surface area contributed by atoms with E-state index in [-0.39, 0.29) is 5.56 Å². The normalized spacial score (nSPS) is 14.1. The summed E-state index contributed by atoms with van der Waals surface area (Å²) in [6.45, 7) is 0.968. The molecule has 0 fully saturated rings. The molecule has 1 aliphatic carbocycles. The topological polar surface area (TPSA) is 81.1 Å². The standard InChI is InChI=1S/C22H27N3O3S3/c1-31(27,28)23-13-7-15-29-22-24-20-19(17-10-5-6-11-18(17)30-20)21(26)25(22)14-12-16-8-3-2-4-9-16/h2-4,8-9,23H,5-7,10-15H2,1H3. The molecule has 9 heteroatoms. The van der Waals surface area contributed by atoms with Crippen molar-refractivity contribution in [2.75, 3.05) is 18.6 Å². The summed E-state index contributed by atoms with van der Waals surface area (Å²) < 4.78 is 26.8. The van der Waals surface area contributed by atoms with Crippen molar-refractivity contribution in [1.82, 2.24) is 14.3 Å². The molecule has 0 atom stereocenters. The van der Waals surface area contributed by atoms with Gasteiger partial charge in [-0.1, -0.05) is 42.1 Å². The van der Waals surface area contributed by atoms with Crippen LogP contribution in [0.5, 0.6) is 0 Å². The highest BCUT2D eigenvalue weighted by atomic mass is 32.2. The minimum atomic E-state index is -3.18. The van der Waals surface area contributed by atoms with E-state index in [0.29, 0.717) is 25.3 Å². The van der Waals surface area contributed by atoms with E-state index in [1.54, 1.807) is 11.3 Å². The zero-order chi connectivity index (χ0) is 21.8. The molecule has 31 heavy (non-hydrogen) atoms. The number of hydrogen-bond acceptors (Lipinski definition) is 6. The molecule has 0 saturated heterocycles. The lowest BCUT2D eigenvalue weighted by Crippen LogP contribution is -2.25. The molecule has 2 aromatic heterocycles. The Hall–Kier alpha value is -1.68. The molecule has 0 amide bonds. The van der Waals surface area contributed by atoms with E-state index in [9.17, 15) is 13.2 Å². The van der Waals surface area contributed by atoms with Crippen molar-refractivity contribution >= 4 is 43.3 Å². The average molecular weight is 478 g/mol. The van der Waals surface area contributed by atoms with Crippen LogP contribution in [0.4, 0.5) is 0 Å². The Morgan fingerprint density at radius 2 is 1.97 bits per heavy atom. The summed E-state index contributed by atoms with van der Waals surface area (Å²) in [5.41, 5.74) is 2.47. The van der Waals surface area contributed by atoms with Gasteiger partial charge in [0.05, 0.1) is 11.6 Å². The second-order valence-corrected chi connectivity index (χ2v) is 11.8. The van der Waals surface area contributed by atoms with Gasteiger partial charge in [0.25, 0.3) is 5.56 Å². The first-order valence-corrected chi connectivity index (χ1v) is 14.3. The van der Waals surface area contributed by atoms with Crippen molar-refractivity contribution in [3.63, 3.8) is 0 Å². The van der Waals surface area contributed by atoms with Gasteiger partial charge in [0.2, 0.25) is 10.0 Å². The van der Waals surface area contributed by atoms with Gasteiger partial charge in [-0.3, -0.25) is 9.36 Å². The van der Waals surface area contributed by atoms with Gasteiger partial charge in [0.1, 0.15) is 4.83 Å². The summed E-state index contributed by atoms with van der Waals surface area (Å²) in [6, 6.07) is 10.2. The van der Waals surface area contributed by atoms with Crippen molar-refractivity contribution in [3.05, 3.63) is 56.7 Å². The van der Waals surface area contributed by atoms with Gasteiger partial charge in [-0.2, -0.15) is 0 Å². The van der Waals surface area contributed by atoms with Gasteiger partial charge in [-0.25, -0.2) is 18.1 Å². The van der Waals surface area contributed by atoms with Crippen molar-refractivity contribution in [3.8, 4) is 0 Å². The highest BCUT2D eigenvalue weighted by molar-refractivity contribution is 7.99. The molecule has 2 heterocycles. The number of benzene rings is 1. The average Bonchev–Trinajstić information content (AvgIpc) is 3.11. The number of thioether (sulfide) groups is 1. The molecule has 0 aliphatic heterocycles. The van der Waals surface area contributed by atoms with Crippen molar-refractivity contribution in [2.45, 2.75) is 50.2 Å². The predicted octanol–water partition coefficient (Wildman–Crippen LogP) is 3.61. The first kappa shape index (κ1) is 22.5. The Kier molecular flexibility index (Phi) is 7.15. The smallest absolute Gasteiger partial charge is 0.263 e. The van der Waals surface area contributed by atoms with E-state index >= 15 is 0 Å². The fourth-order valence-electron chi connectivity index (χ4n) is 3.91. The van der Waals surface area contributed by atoms with Crippen LogP contribution < -0.4 is 10.3 Å². The second kappa shape index (κ2) is 9.85. The monoisotopic (exact) mass is 477 g/mol. The first-order chi connectivity index (χ1) is 14.9. The van der Waals surface area contributed by atoms with Gasteiger partial charge >= 0.3 is 0 Å². The third kappa shape index (κ3) is 5.58. The Bertz CT molecular complexity index is 1220. The number of thiophene rings is 1. The molecule has 3 aromatic rings. The number of aromatic nitrogens is 2. The maximum atomic E-state index is 13.5. The van der Waals surface area contributed by atoms with Crippen LogP contribution in [0.2, 0.25) is 0 Å². The van der Waals surface area contributed by atoms with Crippen LogP contribution >= 0.6 is 23.1 Å². The minimum absolute atomic E-state index is 0.0668. The number of nitrogens with one attached hydrogen (secondary N) is 1. The van der Waals surface area contributed by atoms with Crippen LogP contribution in [0.25, 0.3) is 10.2 Å². The highest BCUT2D eigenvalue weighted by Gasteiger charge is 2.22. The molecular weight excluding hydrogens is 450 g/mol. The number of hydrogen-bond donors (Lipinski definition) is 1. The van der Waals surface area contributed by atoms with Crippen LogP contribution in [0.1, 0.15) is 35.3 Å². The molecule has 1 N–H and O–H groups in total. The third-order valence-electron chi connectivity index (χ3n) is 5.42. The van der Waals surface area contributed by atoms with Gasteiger partial charge in [0.15, 0.2) is 5.16 Å². The molecule has 0 unspecified atom stereocenters. The number of rotatable bonds is 9. The summed E-state index contributed by atoms with van der Waals surface area (Å²) in [7, 11) is -3.18. The van der Waals surface area contributed by atoms with E-state index in [1.807, 2.05) is 22.8 Å². The zero-order valence-electron chi connectivity index (χ0n) is 17.6. The second-order valence-electron chi connectivity index (χ2n) is 7.85. The maximum Gasteiger partial charge on any atom is 0.263 e. The summed E-state index contributed by atoms with van der Waals surface area (Å²) in [5.74, 6) is 0.691. The van der Waals surface area contributed by atoms with Crippen LogP contribution in [0.3, 0.4) is 0 Å². The van der Waals surface area contributed by atoms with Crippen LogP contribution in [0.15, 0.2) is 40.3 Å². The van der Waals surface area contributed by atoms with Gasteiger partial charge in [0, 0.05) is 23.7 Å². The molecule has 6 nitrogen and oxygen atoms in total. The Labute approximate surface area is 191 Å². The van der Waals surface area contributed by atoms with E-state index < -0.39 is 10.0 Å². The fourth-order valence-corrected chi connectivity index (χ4v) is 6.69. The van der Waals surface area contributed by atoms with Crippen molar-refractivity contribution < 1.29 is 8.42 Å². The molecule has 0 spiro atoms. The number of nitrogens with zero attached hydrogens (tertiary/aromatic N) is 2. The van der Waals surface area contributed by atoms with Crippen LogP contribution in [-0.4, -0.2) is 36.5 Å². The highest BCUT2D eigenvalue weighted by Crippen LogP contribution is 2.34. The lowest BCUT2D eigenvalue weighted by Gasteiger charge is -2.14. The molecular formula is C22H27N3O3S3. The van der Waals surface area contributed by atoms with Crippen LogP contribution in [-0.2, 0) is 35.8 Å². The van der Waals surface area contributed by atoms with Gasteiger partial charge in [-0.15, -0.1) is 11.3 Å². The van der Waals surface area contributed by atoms with Crippen LogP contribution in [0, 0.1) is 0 Å². The Morgan fingerprint density at radius 3 is 2.74 bits per heavy atom. The molecule has 4 rings (SSSR count). The molecule has 166 valence electrons. The molecule has 1 aliphatic rings. The number of sulfonamides is 1. The van der Waals surface area contributed by atoms with E-state index in [1.165, 1.54) is 34.2 Å². The van der Waals surface area contributed by atoms with E-state index in [2.05, 4.69) is 16.9 Å². The number of aryl methyl sites for hydroxylation is 3. The SMILES string of the molecule is CS(=O)(=O)NCCCSc1nc2sc3c(c2c(=O)n1CCc1ccccc1)CCCC3. The lowest BCUT2D eigenvalue weighted by atomic mass is 9.97. The number of fused-ring (bicyclic) bond motifs is 3. The minimum Gasteiger partial charge on any atom is -0.287 e. The van der Waals surface area contributed by atoms with Gasteiger partial charge < -0.3 is 0 Å². The fraction of sp³-hybridized carbons (Fsp3) is 0.455. The summed E-state index contributed by atoms with van der Waals surface area (Å²) in [5, 5.41) is 1.54. The molecule has 0 bridgehead atoms. The van der Waals surface area contributed by atoms with E-state index in [0.717, 1.165) is 47.3 Å². The third-order valence-corrected chi connectivity index (χ3v) is 8.40. The summed E-state index contributed by atoms with van der Waals surface area (Å²) in [6.07, 6.45) is 6.92. The summed E-state index contributed by atoms with van der Waals surface area (Å²) in [4.78, 5) is 20.6. The van der Waals surface area contributed by atoms with Crippen molar-refractivity contribution in [1.29, 1.82) is 0 Å². The first-order valence-electron chi connectivity index (χ1n) is 10.6. The van der Waals surface area contributed by atoms with Gasteiger partial charge in [-0.05, 0) is 49.7 Å². The van der Waals surface area contributed by atoms with Crippen molar-refractivity contribution in [2.24, 2.45) is 0 Å².